The van der Waals surface area contributed by atoms with E-state index in [2.05, 4.69) is 15.0 Å². The third kappa shape index (κ3) is 3.64. The summed E-state index contributed by atoms with van der Waals surface area (Å²) >= 11 is 6.25. The van der Waals surface area contributed by atoms with Crippen LogP contribution in [0.5, 0.6) is 0 Å². The summed E-state index contributed by atoms with van der Waals surface area (Å²) in [7, 11) is 0. The van der Waals surface area contributed by atoms with Gasteiger partial charge in [-0.2, -0.15) is 4.98 Å². The van der Waals surface area contributed by atoms with Gasteiger partial charge in [0.15, 0.2) is 0 Å². The lowest BCUT2D eigenvalue weighted by atomic mass is 10.2. The molecule has 138 valence electrons. The minimum Gasteiger partial charge on any atom is -0.367 e. The van der Waals surface area contributed by atoms with Crippen LogP contribution >= 0.6 is 11.6 Å². The molecule has 1 aromatic heterocycles. The zero-order valence-corrected chi connectivity index (χ0v) is 15.1. The van der Waals surface area contributed by atoms with Crippen LogP contribution in [0, 0.1) is 5.82 Å². The number of aromatic nitrogens is 2. The number of carbonyl (C=O) groups excluding carboxylic acids is 1. The molecule has 0 spiro atoms. The van der Waals surface area contributed by atoms with Crippen LogP contribution in [0.2, 0.25) is 5.02 Å². The van der Waals surface area contributed by atoms with E-state index in [0.717, 1.165) is 5.69 Å². The lowest BCUT2D eigenvalue weighted by molar-refractivity contribution is 0.0731. The first-order valence-corrected chi connectivity index (χ1v) is 8.88. The van der Waals surface area contributed by atoms with E-state index >= 15 is 0 Å². The zero-order chi connectivity index (χ0) is 18.8. The Bertz CT molecular complexity index is 952. The first-order valence-electron chi connectivity index (χ1n) is 8.50. The summed E-state index contributed by atoms with van der Waals surface area (Å²) in [5.41, 5.74) is 1.52. The molecular formula is C19H16ClFN4O2. The molecule has 1 aliphatic rings. The molecule has 2 heterocycles. The van der Waals surface area contributed by atoms with Gasteiger partial charge >= 0.3 is 0 Å². The van der Waals surface area contributed by atoms with Crippen LogP contribution in [0.1, 0.15) is 10.6 Å². The van der Waals surface area contributed by atoms with Gasteiger partial charge in [0.2, 0.25) is 0 Å². The van der Waals surface area contributed by atoms with Gasteiger partial charge in [-0.3, -0.25) is 4.79 Å². The fraction of sp³-hybridized carbons (Fsp3) is 0.211. The van der Waals surface area contributed by atoms with E-state index in [4.69, 9.17) is 16.1 Å². The second-order valence-electron chi connectivity index (χ2n) is 6.16. The molecule has 0 unspecified atom stereocenters. The molecule has 1 fully saturated rings. The van der Waals surface area contributed by atoms with Crippen molar-refractivity contribution in [2.45, 2.75) is 0 Å². The van der Waals surface area contributed by atoms with Crippen LogP contribution in [0.3, 0.4) is 0 Å². The van der Waals surface area contributed by atoms with Crippen molar-refractivity contribution in [1.82, 2.24) is 15.0 Å². The number of rotatable bonds is 3. The summed E-state index contributed by atoms with van der Waals surface area (Å²) in [6.07, 6.45) is 0. The third-order valence-corrected chi connectivity index (χ3v) is 4.79. The number of piperazine rings is 1. The lowest BCUT2D eigenvalue weighted by Gasteiger charge is -2.35. The highest BCUT2D eigenvalue weighted by atomic mass is 35.5. The number of halogens is 2. The molecule has 4 rings (SSSR count). The molecule has 1 amide bonds. The normalized spacial score (nSPS) is 14.4. The first kappa shape index (κ1) is 17.5. The van der Waals surface area contributed by atoms with Crippen molar-refractivity contribution in [3.8, 4) is 11.5 Å². The van der Waals surface area contributed by atoms with Crippen molar-refractivity contribution in [2.24, 2.45) is 0 Å². The molecule has 1 aliphatic heterocycles. The quantitative estimate of drug-likeness (QED) is 0.689. The number of para-hydroxylation sites is 1. The van der Waals surface area contributed by atoms with Gasteiger partial charge in [-0.05, 0) is 36.4 Å². The summed E-state index contributed by atoms with van der Waals surface area (Å²) in [5.74, 6) is -0.453. The average Bonchev–Trinajstić information content (AvgIpc) is 3.19. The summed E-state index contributed by atoms with van der Waals surface area (Å²) in [5, 5.41) is 4.47. The number of amides is 1. The molecule has 0 bridgehead atoms. The van der Waals surface area contributed by atoms with E-state index in [0.29, 0.717) is 36.8 Å². The summed E-state index contributed by atoms with van der Waals surface area (Å²) in [6.45, 7) is 2.39. The second kappa shape index (κ2) is 7.36. The van der Waals surface area contributed by atoms with Crippen LogP contribution in [-0.4, -0.2) is 47.1 Å². The van der Waals surface area contributed by atoms with Crippen LogP contribution in [-0.2, 0) is 0 Å². The Labute approximate surface area is 160 Å². The van der Waals surface area contributed by atoms with Gasteiger partial charge in [0.1, 0.15) is 5.82 Å². The molecule has 27 heavy (non-hydrogen) atoms. The van der Waals surface area contributed by atoms with Crippen molar-refractivity contribution in [1.29, 1.82) is 0 Å². The van der Waals surface area contributed by atoms with Gasteiger partial charge in [0.25, 0.3) is 17.6 Å². The van der Waals surface area contributed by atoms with Crippen LogP contribution in [0.25, 0.3) is 11.5 Å². The van der Waals surface area contributed by atoms with Crippen LogP contribution < -0.4 is 4.90 Å². The van der Waals surface area contributed by atoms with Crippen molar-refractivity contribution >= 4 is 23.2 Å². The standard InChI is InChI=1S/C19H16ClFN4O2/c20-15-3-1-2-4-16(15)24-9-11-25(12-10-24)19(26)17-22-18(27-23-17)13-5-7-14(21)8-6-13/h1-8H,9-12H2. The van der Waals surface area contributed by atoms with Crippen LogP contribution in [0.4, 0.5) is 10.1 Å². The Morgan fingerprint density at radius 1 is 1.04 bits per heavy atom. The van der Waals surface area contributed by atoms with E-state index in [1.54, 1.807) is 4.90 Å². The number of nitrogens with zero attached hydrogens (tertiary/aromatic N) is 4. The Hall–Kier alpha value is -2.93. The fourth-order valence-corrected chi connectivity index (χ4v) is 3.28. The van der Waals surface area contributed by atoms with Gasteiger partial charge in [0, 0.05) is 31.7 Å². The van der Waals surface area contributed by atoms with Gasteiger partial charge < -0.3 is 14.3 Å². The van der Waals surface area contributed by atoms with Crippen molar-refractivity contribution in [2.75, 3.05) is 31.1 Å². The zero-order valence-electron chi connectivity index (χ0n) is 14.3. The number of benzene rings is 2. The van der Waals surface area contributed by atoms with E-state index in [-0.39, 0.29) is 23.4 Å². The predicted molar refractivity (Wildman–Crippen MR) is 99.3 cm³/mol. The molecule has 0 N–H and O–H groups in total. The fourth-order valence-electron chi connectivity index (χ4n) is 3.02. The largest absolute Gasteiger partial charge is 0.367 e. The first-order chi connectivity index (χ1) is 13.1. The Morgan fingerprint density at radius 3 is 2.44 bits per heavy atom. The Balaban J connectivity index is 1.43. The SMILES string of the molecule is O=C(c1noc(-c2ccc(F)cc2)n1)N1CCN(c2ccccc2Cl)CC1. The number of anilines is 1. The Morgan fingerprint density at radius 2 is 1.74 bits per heavy atom. The number of hydrogen-bond donors (Lipinski definition) is 0. The molecular weight excluding hydrogens is 371 g/mol. The number of hydrogen-bond acceptors (Lipinski definition) is 5. The van der Waals surface area contributed by atoms with E-state index in [9.17, 15) is 9.18 Å². The Kier molecular flexibility index (Phi) is 4.77. The van der Waals surface area contributed by atoms with Gasteiger partial charge in [-0.15, -0.1) is 0 Å². The molecule has 2 aromatic carbocycles. The molecule has 0 aliphatic carbocycles. The summed E-state index contributed by atoms with van der Waals surface area (Å²) in [6, 6.07) is 13.3. The average molecular weight is 387 g/mol. The molecule has 0 saturated carbocycles. The monoisotopic (exact) mass is 386 g/mol. The van der Waals surface area contributed by atoms with Crippen molar-refractivity contribution < 1.29 is 13.7 Å². The predicted octanol–water partition coefficient (Wildman–Crippen LogP) is 3.49. The topological polar surface area (TPSA) is 62.5 Å². The van der Waals surface area contributed by atoms with Gasteiger partial charge in [-0.25, -0.2) is 4.39 Å². The second-order valence-corrected chi connectivity index (χ2v) is 6.57. The highest BCUT2D eigenvalue weighted by Crippen LogP contribution is 2.26. The highest BCUT2D eigenvalue weighted by molar-refractivity contribution is 6.33. The van der Waals surface area contributed by atoms with E-state index < -0.39 is 0 Å². The molecule has 8 heteroatoms. The highest BCUT2D eigenvalue weighted by Gasteiger charge is 2.26. The molecule has 0 atom stereocenters. The molecule has 0 radical (unpaired) electrons. The minimum absolute atomic E-state index is 0.000480. The summed E-state index contributed by atoms with van der Waals surface area (Å²) in [4.78, 5) is 20.6. The van der Waals surface area contributed by atoms with Crippen molar-refractivity contribution in [3.05, 3.63) is 65.2 Å². The molecule has 1 saturated heterocycles. The van der Waals surface area contributed by atoms with Crippen LogP contribution in [0.15, 0.2) is 53.1 Å². The maximum absolute atomic E-state index is 13.0. The van der Waals surface area contributed by atoms with Crippen molar-refractivity contribution in [3.63, 3.8) is 0 Å². The number of carbonyl (C=O) groups is 1. The molecule has 3 aromatic rings. The summed E-state index contributed by atoms with van der Waals surface area (Å²) < 4.78 is 18.2. The third-order valence-electron chi connectivity index (χ3n) is 4.47. The maximum atomic E-state index is 13.0. The van der Waals surface area contributed by atoms with E-state index in [1.807, 2.05) is 24.3 Å². The van der Waals surface area contributed by atoms with Gasteiger partial charge in [-0.1, -0.05) is 28.9 Å². The lowest BCUT2D eigenvalue weighted by Crippen LogP contribution is -2.49. The van der Waals surface area contributed by atoms with Gasteiger partial charge in [0.05, 0.1) is 10.7 Å². The maximum Gasteiger partial charge on any atom is 0.295 e. The molecule has 6 nitrogen and oxygen atoms in total. The minimum atomic E-state index is -0.356. The van der Waals surface area contributed by atoms with E-state index in [1.165, 1.54) is 24.3 Å². The smallest absolute Gasteiger partial charge is 0.295 e.